The number of thioether (sulfide) groups is 2. The number of carbonyl (C=O) groups is 1. The van der Waals surface area contributed by atoms with Crippen LogP contribution in [0.2, 0.25) is 0 Å². The summed E-state index contributed by atoms with van der Waals surface area (Å²) < 4.78 is 15.1. The van der Waals surface area contributed by atoms with Crippen LogP contribution in [-0.4, -0.2) is 26.3 Å². The zero-order chi connectivity index (χ0) is 27.0. The molecule has 0 aliphatic heterocycles. The zero-order valence-corrected chi connectivity index (χ0v) is 22.6. The first kappa shape index (κ1) is 26.7. The van der Waals surface area contributed by atoms with Gasteiger partial charge in [0.25, 0.3) is 5.56 Å². The number of aromatic nitrogens is 2. The number of fused-ring (bicyclic) bond motifs is 1. The Morgan fingerprint density at radius 3 is 2.28 bits per heavy atom. The Kier molecular flexibility index (Phi) is 8.75. The van der Waals surface area contributed by atoms with Crippen molar-refractivity contribution in [3.8, 4) is 5.69 Å². The average molecular weight is 556 g/mol. The van der Waals surface area contributed by atoms with Gasteiger partial charge in [0.05, 0.1) is 28.4 Å². The van der Waals surface area contributed by atoms with Crippen LogP contribution in [0.1, 0.15) is 17.2 Å². The van der Waals surface area contributed by atoms with Crippen LogP contribution in [0.4, 0.5) is 4.39 Å². The summed E-state index contributed by atoms with van der Waals surface area (Å²) in [5, 5.41) is 4.67. The number of nitrogens with zero attached hydrogens (tertiary/aromatic N) is 2. The Balaban J connectivity index is 1.27. The molecule has 1 amide bonds. The summed E-state index contributed by atoms with van der Waals surface area (Å²) in [6.45, 7) is 0. The van der Waals surface area contributed by atoms with E-state index in [4.69, 9.17) is 4.98 Å². The molecular formula is C31H26FN3O2S2. The second-order valence-electron chi connectivity index (χ2n) is 8.86. The lowest BCUT2D eigenvalue weighted by molar-refractivity contribution is -0.119. The van der Waals surface area contributed by atoms with E-state index >= 15 is 0 Å². The third-order valence-corrected chi connectivity index (χ3v) is 8.29. The topological polar surface area (TPSA) is 64.0 Å². The van der Waals surface area contributed by atoms with E-state index in [1.807, 2.05) is 54.6 Å². The number of hydrogen-bond acceptors (Lipinski definition) is 5. The van der Waals surface area contributed by atoms with Crippen LogP contribution in [0.5, 0.6) is 0 Å². The van der Waals surface area contributed by atoms with Crippen LogP contribution in [0, 0.1) is 5.82 Å². The lowest BCUT2D eigenvalue weighted by atomic mass is 9.99. The first-order valence-electron chi connectivity index (χ1n) is 12.4. The van der Waals surface area contributed by atoms with E-state index in [0.29, 0.717) is 33.3 Å². The van der Waals surface area contributed by atoms with Crippen molar-refractivity contribution in [3.05, 3.63) is 136 Å². The van der Waals surface area contributed by atoms with Gasteiger partial charge in [-0.1, -0.05) is 84.6 Å². The van der Waals surface area contributed by atoms with E-state index < -0.39 is 0 Å². The Morgan fingerprint density at radius 1 is 0.872 bits per heavy atom. The van der Waals surface area contributed by atoms with Crippen molar-refractivity contribution in [1.29, 1.82) is 0 Å². The highest BCUT2D eigenvalue weighted by atomic mass is 32.2. The van der Waals surface area contributed by atoms with Gasteiger partial charge in [-0.3, -0.25) is 14.2 Å². The molecule has 0 aliphatic rings. The Morgan fingerprint density at radius 2 is 1.54 bits per heavy atom. The van der Waals surface area contributed by atoms with Crippen molar-refractivity contribution in [2.24, 2.45) is 0 Å². The normalized spacial score (nSPS) is 11.8. The Bertz CT molecular complexity index is 1610. The molecule has 1 unspecified atom stereocenters. The molecule has 196 valence electrons. The summed E-state index contributed by atoms with van der Waals surface area (Å²) in [6, 6.07) is 32.9. The van der Waals surface area contributed by atoms with Gasteiger partial charge in [0.2, 0.25) is 5.91 Å². The number of nitrogens with one attached hydrogen (secondary N) is 1. The van der Waals surface area contributed by atoms with Crippen LogP contribution in [0.25, 0.3) is 16.6 Å². The molecule has 0 saturated heterocycles. The van der Waals surface area contributed by atoms with Gasteiger partial charge < -0.3 is 5.32 Å². The van der Waals surface area contributed by atoms with E-state index in [0.717, 1.165) is 11.1 Å². The van der Waals surface area contributed by atoms with Gasteiger partial charge in [-0.05, 0) is 53.9 Å². The summed E-state index contributed by atoms with van der Waals surface area (Å²) in [6.07, 6.45) is 0.695. The lowest BCUT2D eigenvalue weighted by Gasteiger charge is -2.19. The maximum Gasteiger partial charge on any atom is 0.266 e. The minimum absolute atomic E-state index is 0.0622. The fourth-order valence-electron chi connectivity index (χ4n) is 4.28. The monoisotopic (exact) mass is 555 g/mol. The van der Waals surface area contributed by atoms with E-state index in [-0.39, 0.29) is 29.1 Å². The first-order valence-corrected chi connectivity index (χ1v) is 14.6. The third kappa shape index (κ3) is 6.77. The largest absolute Gasteiger partial charge is 0.348 e. The van der Waals surface area contributed by atoms with Crippen molar-refractivity contribution < 1.29 is 9.18 Å². The minimum atomic E-state index is -0.377. The Hall–Kier alpha value is -3.88. The van der Waals surface area contributed by atoms with Gasteiger partial charge >= 0.3 is 0 Å². The number of carbonyl (C=O) groups excluding carboxylic acids is 1. The minimum Gasteiger partial charge on any atom is -0.348 e. The maximum absolute atomic E-state index is 13.6. The van der Waals surface area contributed by atoms with Crippen LogP contribution >= 0.6 is 23.5 Å². The molecule has 5 nitrogen and oxygen atoms in total. The molecule has 0 saturated carbocycles. The number of halogens is 1. The van der Waals surface area contributed by atoms with Crippen molar-refractivity contribution in [1.82, 2.24) is 14.9 Å². The third-order valence-electron chi connectivity index (χ3n) is 6.15. The second kappa shape index (κ2) is 12.8. The molecule has 0 bridgehead atoms. The van der Waals surface area contributed by atoms with Gasteiger partial charge in [0.15, 0.2) is 5.16 Å². The first-order chi connectivity index (χ1) is 19.1. The Labute approximate surface area is 234 Å². The fourth-order valence-corrected chi connectivity index (χ4v) is 6.12. The molecule has 39 heavy (non-hydrogen) atoms. The van der Waals surface area contributed by atoms with E-state index in [1.54, 1.807) is 30.3 Å². The van der Waals surface area contributed by atoms with Crippen molar-refractivity contribution >= 4 is 40.3 Å². The van der Waals surface area contributed by atoms with Crippen molar-refractivity contribution in [3.63, 3.8) is 0 Å². The molecule has 1 N–H and O–H groups in total. The number of rotatable bonds is 10. The maximum atomic E-state index is 13.6. The van der Waals surface area contributed by atoms with Gasteiger partial charge in [0.1, 0.15) is 5.82 Å². The number of benzene rings is 4. The van der Waals surface area contributed by atoms with Crippen molar-refractivity contribution in [2.45, 2.75) is 17.6 Å². The van der Waals surface area contributed by atoms with Crippen LogP contribution in [0.15, 0.2) is 119 Å². The highest BCUT2D eigenvalue weighted by Crippen LogP contribution is 2.25. The van der Waals surface area contributed by atoms with Crippen LogP contribution < -0.4 is 10.9 Å². The van der Waals surface area contributed by atoms with Crippen LogP contribution in [0.3, 0.4) is 0 Å². The molecule has 5 rings (SSSR count). The predicted octanol–water partition coefficient (Wildman–Crippen LogP) is 6.41. The average Bonchev–Trinajstić information content (AvgIpc) is 2.97. The number of amides is 1. The molecule has 0 aliphatic carbocycles. The molecule has 5 aromatic rings. The number of para-hydroxylation sites is 1. The molecule has 1 atom stereocenters. The fraction of sp³-hybridized carbons (Fsp3) is 0.129. The lowest BCUT2D eigenvalue weighted by Crippen LogP contribution is -2.31. The highest BCUT2D eigenvalue weighted by Gasteiger charge is 2.17. The van der Waals surface area contributed by atoms with Crippen molar-refractivity contribution in [2.75, 3.05) is 10.8 Å². The summed E-state index contributed by atoms with van der Waals surface area (Å²) in [5.74, 6) is -0.176. The number of hydrogen-bond donors (Lipinski definition) is 1. The highest BCUT2D eigenvalue weighted by molar-refractivity contribution is 8.16. The molecule has 1 heterocycles. The molecular weight excluding hydrogens is 529 g/mol. The second-order valence-corrected chi connectivity index (χ2v) is 11.2. The van der Waals surface area contributed by atoms with Gasteiger partial charge in [-0.2, -0.15) is 0 Å². The summed E-state index contributed by atoms with van der Waals surface area (Å²) in [5.41, 5.74) is 3.12. The quantitative estimate of drug-likeness (QED) is 0.0934. The molecule has 0 spiro atoms. The molecule has 1 aromatic heterocycles. The molecule has 0 fully saturated rings. The molecule has 8 heteroatoms. The van der Waals surface area contributed by atoms with E-state index in [9.17, 15) is 14.0 Å². The van der Waals surface area contributed by atoms with E-state index in [1.165, 1.54) is 40.2 Å². The zero-order valence-electron chi connectivity index (χ0n) is 21.0. The van der Waals surface area contributed by atoms with Gasteiger partial charge in [-0.25, -0.2) is 9.37 Å². The van der Waals surface area contributed by atoms with E-state index in [2.05, 4.69) is 17.4 Å². The standard InChI is InChI=1S/C31H26FN3O2S2/c32-24-15-17-25(18-16-24)35-30(37)26-13-7-8-14-27(26)34-31(35)39-21-38-20-29(36)33-28(23-11-5-2-6-12-23)19-22-9-3-1-4-10-22/h1-18,28H,19-21H2,(H,33,36). The molecule has 4 aromatic carbocycles. The molecule has 0 radical (unpaired) electrons. The van der Waals surface area contributed by atoms with Gasteiger partial charge in [0, 0.05) is 5.08 Å². The summed E-state index contributed by atoms with van der Waals surface area (Å²) in [4.78, 5) is 31.0. The summed E-state index contributed by atoms with van der Waals surface area (Å²) in [7, 11) is 0. The van der Waals surface area contributed by atoms with Crippen LogP contribution in [-0.2, 0) is 11.2 Å². The predicted molar refractivity (Wildman–Crippen MR) is 158 cm³/mol. The smallest absolute Gasteiger partial charge is 0.266 e. The SMILES string of the molecule is O=C(CSCSc1nc2ccccc2c(=O)n1-c1ccc(F)cc1)NC(Cc1ccccc1)c1ccccc1. The van der Waals surface area contributed by atoms with Gasteiger partial charge in [-0.15, -0.1) is 11.8 Å². The summed E-state index contributed by atoms with van der Waals surface area (Å²) >= 11 is 2.83.